The summed E-state index contributed by atoms with van der Waals surface area (Å²) >= 11 is 0. The number of nitrogens with zero attached hydrogens (tertiary/aromatic N) is 3. The number of aromatic nitrogens is 2. The van der Waals surface area contributed by atoms with E-state index in [2.05, 4.69) is 45.8 Å². The Morgan fingerprint density at radius 3 is 2.59 bits per heavy atom. The van der Waals surface area contributed by atoms with Gasteiger partial charge in [0.1, 0.15) is 0 Å². The lowest BCUT2D eigenvalue weighted by Crippen LogP contribution is -2.37. The topological polar surface area (TPSA) is 72.7 Å². The summed E-state index contributed by atoms with van der Waals surface area (Å²) in [7, 11) is 3.47. The number of hydrogen-bond acceptors (Lipinski definition) is 4. The van der Waals surface area contributed by atoms with Gasteiger partial charge in [-0.15, -0.1) is 24.0 Å². The Labute approximate surface area is 191 Å². The molecule has 29 heavy (non-hydrogen) atoms. The van der Waals surface area contributed by atoms with Crippen molar-refractivity contribution in [3.63, 3.8) is 0 Å². The first kappa shape index (κ1) is 25.4. The summed E-state index contributed by atoms with van der Waals surface area (Å²) in [5.41, 5.74) is 4.40. The lowest BCUT2D eigenvalue weighted by molar-refractivity contribution is 0.0689. The third kappa shape index (κ3) is 8.71. The van der Waals surface area contributed by atoms with Crippen LogP contribution in [0.1, 0.15) is 29.8 Å². The second kappa shape index (κ2) is 14.4. The van der Waals surface area contributed by atoms with Crippen molar-refractivity contribution in [2.24, 2.45) is 4.99 Å². The Kier molecular flexibility index (Phi) is 12.6. The Bertz CT molecular complexity index is 748. The maximum Gasteiger partial charge on any atom is 0.191 e. The van der Waals surface area contributed by atoms with Crippen LogP contribution in [0.25, 0.3) is 5.69 Å². The summed E-state index contributed by atoms with van der Waals surface area (Å²) < 4.78 is 12.4. The second-order valence-electron chi connectivity index (χ2n) is 6.63. The van der Waals surface area contributed by atoms with Gasteiger partial charge in [0.2, 0.25) is 0 Å². The number of nitrogens with one attached hydrogen (secondary N) is 2. The van der Waals surface area contributed by atoms with Crippen LogP contribution in [0.3, 0.4) is 0 Å². The van der Waals surface area contributed by atoms with Crippen LogP contribution in [0, 0.1) is 13.8 Å². The van der Waals surface area contributed by atoms with E-state index in [0.29, 0.717) is 19.8 Å². The van der Waals surface area contributed by atoms with Crippen molar-refractivity contribution in [1.82, 2.24) is 20.4 Å². The molecule has 0 aliphatic heterocycles. The highest BCUT2D eigenvalue weighted by Gasteiger charge is 2.09. The van der Waals surface area contributed by atoms with Gasteiger partial charge in [-0.05, 0) is 44.4 Å². The SMILES string of the molecule is CN=C(NCCCCOCCOC)NCc1ccccc1-n1nc(C)cc1C.I. The van der Waals surface area contributed by atoms with E-state index < -0.39 is 0 Å². The summed E-state index contributed by atoms with van der Waals surface area (Å²) in [5.74, 6) is 0.795. The number of para-hydroxylation sites is 1. The number of benzene rings is 1. The second-order valence-corrected chi connectivity index (χ2v) is 6.63. The first-order valence-corrected chi connectivity index (χ1v) is 9.78. The summed E-state index contributed by atoms with van der Waals surface area (Å²) in [6, 6.07) is 10.4. The number of aliphatic imine (C=N–C) groups is 1. The van der Waals surface area contributed by atoms with E-state index in [4.69, 9.17) is 9.47 Å². The first-order chi connectivity index (χ1) is 13.7. The predicted molar refractivity (Wildman–Crippen MR) is 129 cm³/mol. The van der Waals surface area contributed by atoms with Gasteiger partial charge in [-0.2, -0.15) is 5.10 Å². The van der Waals surface area contributed by atoms with E-state index in [-0.39, 0.29) is 24.0 Å². The molecule has 0 radical (unpaired) electrons. The molecule has 0 saturated carbocycles. The molecule has 0 amide bonds. The van der Waals surface area contributed by atoms with Crippen LogP contribution in [0.4, 0.5) is 0 Å². The quantitative estimate of drug-likeness (QED) is 0.208. The van der Waals surface area contributed by atoms with Gasteiger partial charge >= 0.3 is 0 Å². The molecule has 0 spiro atoms. The Morgan fingerprint density at radius 2 is 1.90 bits per heavy atom. The third-order valence-corrected chi connectivity index (χ3v) is 4.34. The van der Waals surface area contributed by atoms with Crippen LogP contribution in [-0.2, 0) is 16.0 Å². The van der Waals surface area contributed by atoms with Crippen LogP contribution < -0.4 is 10.6 Å². The molecule has 1 aromatic heterocycles. The minimum Gasteiger partial charge on any atom is -0.382 e. The number of unbranched alkanes of at least 4 members (excludes halogenated alkanes) is 1. The van der Waals surface area contributed by atoms with E-state index in [9.17, 15) is 0 Å². The molecule has 0 saturated heterocycles. The Balaban J connectivity index is 0.00000420. The first-order valence-electron chi connectivity index (χ1n) is 9.78. The molecule has 8 heteroatoms. The number of aryl methyl sites for hydroxylation is 2. The highest BCUT2D eigenvalue weighted by Crippen LogP contribution is 2.16. The normalized spacial score (nSPS) is 11.2. The van der Waals surface area contributed by atoms with Crippen LogP contribution in [0.5, 0.6) is 0 Å². The molecule has 2 N–H and O–H groups in total. The lowest BCUT2D eigenvalue weighted by Gasteiger charge is -2.15. The molecule has 1 aromatic carbocycles. The van der Waals surface area contributed by atoms with E-state index >= 15 is 0 Å². The van der Waals surface area contributed by atoms with Gasteiger partial charge in [-0.25, -0.2) is 4.68 Å². The van der Waals surface area contributed by atoms with Gasteiger partial charge in [-0.3, -0.25) is 4.99 Å². The molecule has 2 aromatic rings. The van der Waals surface area contributed by atoms with Crippen molar-refractivity contribution < 1.29 is 9.47 Å². The molecule has 0 unspecified atom stereocenters. The van der Waals surface area contributed by atoms with Gasteiger partial charge in [0.15, 0.2) is 5.96 Å². The van der Waals surface area contributed by atoms with E-state index in [1.54, 1.807) is 14.2 Å². The monoisotopic (exact) mass is 515 g/mol. The summed E-state index contributed by atoms with van der Waals surface area (Å²) in [5, 5.41) is 11.4. The minimum absolute atomic E-state index is 0. The fraction of sp³-hybridized carbons (Fsp3) is 0.524. The van der Waals surface area contributed by atoms with Crippen molar-refractivity contribution in [1.29, 1.82) is 0 Å². The number of rotatable bonds is 11. The zero-order valence-electron chi connectivity index (χ0n) is 17.9. The molecule has 0 aliphatic carbocycles. The molecule has 0 fully saturated rings. The Hall–Kier alpha value is -1.65. The minimum atomic E-state index is 0. The summed E-state index contributed by atoms with van der Waals surface area (Å²) in [6.07, 6.45) is 2.03. The highest BCUT2D eigenvalue weighted by atomic mass is 127. The van der Waals surface area contributed by atoms with Crippen LogP contribution in [-0.4, -0.2) is 56.3 Å². The van der Waals surface area contributed by atoms with Crippen LogP contribution in [0.15, 0.2) is 35.3 Å². The van der Waals surface area contributed by atoms with Crippen molar-refractivity contribution >= 4 is 29.9 Å². The smallest absolute Gasteiger partial charge is 0.191 e. The number of guanidine groups is 1. The van der Waals surface area contributed by atoms with Crippen molar-refractivity contribution in [3.8, 4) is 5.69 Å². The van der Waals surface area contributed by atoms with Gasteiger partial charge in [0, 0.05) is 39.5 Å². The van der Waals surface area contributed by atoms with Crippen LogP contribution >= 0.6 is 24.0 Å². The average Bonchev–Trinajstić information content (AvgIpc) is 3.04. The summed E-state index contributed by atoms with van der Waals surface area (Å²) in [4.78, 5) is 4.31. The number of hydrogen-bond donors (Lipinski definition) is 2. The third-order valence-electron chi connectivity index (χ3n) is 4.34. The molecule has 2 rings (SSSR count). The van der Waals surface area contributed by atoms with Gasteiger partial charge in [0.25, 0.3) is 0 Å². The number of methoxy groups -OCH3 is 1. The Morgan fingerprint density at radius 1 is 1.10 bits per heavy atom. The standard InChI is InChI=1S/C21H33N5O2.HI/c1-17-15-18(2)26(25-17)20-10-6-5-9-19(20)16-24-21(22-3)23-11-7-8-12-28-14-13-27-4;/h5-6,9-10,15H,7-8,11-14,16H2,1-4H3,(H2,22,23,24);1H. The van der Waals surface area contributed by atoms with Crippen molar-refractivity contribution in [2.45, 2.75) is 33.2 Å². The molecule has 1 heterocycles. The zero-order valence-corrected chi connectivity index (χ0v) is 20.2. The van der Waals surface area contributed by atoms with E-state index in [1.807, 2.05) is 23.7 Å². The maximum atomic E-state index is 5.47. The molecule has 162 valence electrons. The van der Waals surface area contributed by atoms with Gasteiger partial charge in [-0.1, -0.05) is 18.2 Å². The molecule has 0 aliphatic rings. The fourth-order valence-corrected chi connectivity index (χ4v) is 2.92. The number of halogens is 1. The van der Waals surface area contributed by atoms with E-state index in [1.165, 1.54) is 5.56 Å². The van der Waals surface area contributed by atoms with E-state index in [0.717, 1.165) is 49.0 Å². The predicted octanol–water partition coefficient (Wildman–Crippen LogP) is 3.22. The lowest BCUT2D eigenvalue weighted by atomic mass is 10.1. The zero-order chi connectivity index (χ0) is 20.2. The maximum absolute atomic E-state index is 5.47. The van der Waals surface area contributed by atoms with Crippen molar-refractivity contribution in [3.05, 3.63) is 47.3 Å². The van der Waals surface area contributed by atoms with Crippen molar-refractivity contribution in [2.75, 3.05) is 40.5 Å². The number of ether oxygens (including phenoxy) is 2. The molecular weight excluding hydrogens is 481 g/mol. The van der Waals surface area contributed by atoms with Gasteiger partial charge < -0.3 is 20.1 Å². The molecular formula is C21H34IN5O2. The largest absolute Gasteiger partial charge is 0.382 e. The van der Waals surface area contributed by atoms with Gasteiger partial charge in [0.05, 0.1) is 24.6 Å². The average molecular weight is 515 g/mol. The molecule has 0 bridgehead atoms. The highest BCUT2D eigenvalue weighted by molar-refractivity contribution is 14.0. The fourth-order valence-electron chi connectivity index (χ4n) is 2.92. The molecule has 0 atom stereocenters. The summed E-state index contributed by atoms with van der Waals surface area (Å²) in [6.45, 7) is 7.67. The molecule has 7 nitrogen and oxygen atoms in total. The van der Waals surface area contributed by atoms with Crippen LogP contribution in [0.2, 0.25) is 0 Å².